The predicted octanol–water partition coefficient (Wildman–Crippen LogP) is 2.59. The third kappa shape index (κ3) is 5.04. The van der Waals surface area contributed by atoms with Crippen molar-refractivity contribution in [1.82, 2.24) is 10.6 Å². The molecule has 0 fully saturated rings. The number of methoxy groups -OCH3 is 3. The Bertz CT molecular complexity index is 869. The largest absolute Gasteiger partial charge is 0.493 e. The summed E-state index contributed by atoms with van der Waals surface area (Å²) in [4.78, 5) is 4.13. The van der Waals surface area contributed by atoms with E-state index in [0.717, 1.165) is 5.56 Å². The molecule has 0 aromatic heterocycles. The van der Waals surface area contributed by atoms with Gasteiger partial charge in [0.05, 0.1) is 33.0 Å². The number of guanidine groups is 1. The summed E-state index contributed by atoms with van der Waals surface area (Å²) in [5, 5.41) is 15.1. The molecule has 0 bridgehead atoms. The fraction of sp³-hybridized carbons (Fsp3) is 0.300. The highest BCUT2D eigenvalue weighted by Gasteiger charge is 2.13. The van der Waals surface area contributed by atoms with Gasteiger partial charge in [0.2, 0.25) is 5.75 Å². The molecule has 0 aliphatic carbocycles. The standard InChI is InChI=1S/C20H23FN4O3/c1-23-20(25-12-15-7-13(10-22)5-6-16(15)21)24-11-14-8-17(26-2)19(28-4)18(9-14)27-3/h5-9H,11-12H2,1-4H3,(H2,23,24,25). The molecule has 0 amide bonds. The van der Waals surface area contributed by atoms with Crippen molar-refractivity contribution in [2.75, 3.05) is 28.4 Å². The molecule has 0 saturated carbocycles. The number of aliphatic imine (C=N–C) groups is 1. The number of benzene rings is 2. The molecule has 2 aromatic carbocycles. The smallest absolute Gasteiger partial charge is 0.203 e. The molecule has 0 radical (unpaired) electrons. The van der Waals surface area contributed by atoms with Crippen molar-refractivity contribution in [1.29, 1.82) is 5.26 Å². The lowest BCUT2D eigenvalue weighted by molar-refractivity contribution is 0.323. The van der Waals surface area contributed by atoms with Crippen LogP contribution in [0.1, 0.15) is 16.7 Å². The van der Waals surface area contributed by atoms with E-state index in [0.29, 0.717) is 40.9 Å². The van der Waals surface area contributed by atoms with E-state index in [-0.39, 0.29) is 12.4 Å². The molecule has 28 heavy (non-hydrogen) atoms. The molecule has 7 nitrogen and oxygen atoms in total. The molecule has 2 rings (SSSR count). The predicted molar refractivity (Wildman–Crippen MR) is 104 cm³/mol. The second-order valence-corrected chi connectivity index (χ2v) is 5.73. The van der Waals surface area contributed by atoms with Gasteiger partial charge in [-0.2, -0.15) is 5.26 Å². The number of ether oxygens (including phenoxy) is 3. The normalized spacial score (nSPS) is 10.8. The highest BCUT2D eigenvalue weighted by atomic mass is 19.1. The first kappa shape index (κ1) is 20.8. The average Bonchev–Trinajstić information content (AvgIpc) is 2.73. The Labute approximate surface area is 163 Å². The van der Waals surface area contributed by atoms with E-state index in [9.17, 15) is 4.39 Å². The average molecular weight is 386 g/mol. The minimum Gasteiger partial charge on any atom is -0.493 e. The fourth-order valence-corrected chi connectivity index (χ4v) is 2.60. The molecule has 0 saturated heterocycles. The first-order valence-corrected chi connectivity index (χ1v) is 8.48. The Kier molecular flexibility index (Phi) is 7.45. The first-order valence-electron chi connectivity index (χ1n) is 8.48. The molecule has 0 atom stereocenters. The van der Waals surface area contributed by atoms with Crippen molar-refractivity contribution >= 4 is 5.96 Å². The summed E-state index contributed by atoms with van der Waals surface area (Å²) >= 11 is 0. The van der Waals surface area contributed by atoms with Gasteiger partial charge in [0.25, 0.3) is 0 Å². The van der Waals surface area contributed by atoms with Crippen LogP contribution < -0.4 is 24.8 Å². The van der Waals surface area contributed by atoms with Crippen LogP contribution in [0.4, 0.5) is 4.39 Å². The summed E-state index contributed by atoms with van der Waals surface area (Å²) in [7, 11) is 6.27. The van der Waals surface area contributed by atoms with E-state index < -0.39 is 0 Å². The lowest BCUT2D eigenvalue weighted by atomic mass is 10.1. The molecule has 2 N–H and O–H groups in total. The SMILES string of the molecule is CN=C(NCc1cc(OC)c(OC)c(OC)c1)NCc1cc(C#N)ccc1F. The fourth-order valence-electron chi connectivity index (χ4n) is 2.60. The number of nitrogens with one attached hydrogen (secondary N) is 2. The Balaban J connectivity index is 2.06. The summed E-state index contributed by atoms with van der Waals surface area (Å²) < 4.78 is 29.9. The van der Waals surface area contributed by atoms with Crippen LogP contribution in [0.2, 0.25) is 0 Å². The zero-order chi connectivity index (χ0) is 20.5. The van der Waals surface area contributed by atoms with Crippen molar-refractivity contribution in [3.63, 3.8) is 0 Å². The maximum absolute atomic E-state index is 13.9. The molecule has 0 aliphatic heterocycles. The van der Waals surface area contributed by atoms with Gasteiger partial charge in [-0.1, -0.05) is 0 Å². The molecular weight excluding hydrogens is 363 g/mol. The zero-order valence-electron chi connectivity index (χ0n) is 16.3. The maximum atomic E-state index is 13.9. The molecule has 0 heterocycles. The zero-order valence-corrected chi connectivity index (χ0v) is 16.3. The van der Waals surface area contributed by atoms with E-state index >= 15 is 0 Å². The van der Waals surface area contributed by atoms with Crippen molar-refractivity contribution in [2.45, 2.75) is 13.1 Å². The summed E-state index contributed by atoms with van der Waals surface area (Å²) in [6.45, 7) is 0.618. The summed E-state index contributed by atoms with van der Waals surface area (Å²) in [5.74, 6) is 1.72. The number of rotatable bonds is 7. The van der Waals surface area contributed by atoms with Crippen molar-refractivity contribution in [3.8, 4) is 23.3 Å². The van der Waals surface area contributed by atoms with Crippen LogP contribution in [0.3, 0.4) is 0 Å². The van der Waals surface area contributed by atoms with Crippen LogP contribution in [-0.4, -0.2) is 34.3 Å². The van der Waals surface area contributed by atoms with E-state index in [1.807, 2.05) is 18.2 Å². The highest BCUT2D eigenvalue weighted by Crippen LogP contribution is 2.38. The van der Waals surface area contributed by atoms with E-state index in [4.69, 9.17) is 19.5 Å². The van der Waals surface area contributed by atoms with Gasteiger partial charge in [-0.3, -0.25) is 4.99 Å². The van der Waals surface area contributed by atoms with Gasteiger partial charge in [0.1, 0.15) is 5.82 Å². The molecule has 0 spiro atoms. The van der Waals surface area contributed by atoms with E-state index in [1.165, 1.54) is 18.2 Å². The molecule has 2 aromatic rings. The minimum absolute atomic E-state index is 0.191. The number of hydrogen-bond acceptors (Lipinski definition) is 5. The molecule has 0 aliphatic rings. The Hall–Kier alpha value is -3.47. The van der Waals surface area contributed by atoms with Gasteiger partial charge >= 0.3 is 0 Å². The van der Waals surface area contributed by atoms with Gasteiger partial charge in [0, 0.05) is 25.7 Å². The van der Waals surface area contributed by atoms with Crippen LogP contribution in [0.25, 0.3) is 0 Å². The van der Waals surface area contributed by atoms with Crippen molar-refractivity contribution in [2.24, 2.45) is 4.99 Å². The van der Waals surface area contributed by atoms with Gasteiger partial charge in [-0.25, -0.2) is 4.39 Å². The van der Waals surface area contributed by atoms with Gasteiger partial charge in [0.15, 0.2) is 17.5 Å². The van der Waals surface area contributed by atoms with Crippen molar-refractivity contribution in [3.05, 3.63) is 52.8 Å². The quantitative estimate of drug-likeness (QED) is 0.562. The van der Waals surface area contributed by atoms with Gasteiger partial charge in [-0.05, 0) is 35.9 Å². The number of nitriles is 1. The van der Waals surface area contributed by atoms with E-state index in [1.54, 1.807) is 28.4 Å². The maximum Gasteiger partial charge on any atom is 0.203 e. The Morgan fingerprint density at radius 1 is 1.04 bits per heavy atom. The van der Waals surface area contributed by atoms with Crippen LogP contribution >= 0.6 is 0 Å². The first-order chi connectivity index (χ1) is 13.6. The monoisotopic (exact) mass is 386 g/mol. The highest BCUT2D eigenvalue weighted by molar-refractivity contribution is 5.79. The molecule has 8 heteroatoms. The van der Waals surface area contributed by atoms with Crippen LogP contribution in [0.5, 0.6) is 17.2 Å². The second-order valence-electron chi connectivity index (χ2n) is 5.73. The number of halogens is 1. The minimum atomic E-state index is -0.383. The lowest BCUT2D eigenvalue weighted by Gasteiger charge is -2.16. The molecular formula is C20H23FN4O3. The van der Waals surface area contributed by atoms with Crippen LogP contribution in [-0.2, 0) is 13.1 Å². The topological polar surface area (TPSA) is 87.9 Å². The summed E-state index contributed by atoms with van der Waals surface area (Å²) in [6, 6.07) is 9.89. The van der Waals surface area contributed by atoms with Crippen LogP contribution in [0, 0.1) is 17.1 Å². The molecule has 0 unspecified atom stereocenters. The second kappa shape index (κ2) is 10.0. The number of hydrogen-bond donors (Lipinski definition) is 2. The number of nitrogens with zero attached hydrogens (tertiary/aromatic N) is 2. The van der Waals surface area contributed by atoms with Gasteiger partial charge < -0.3 is 24.8 Å². The van der Waals surface area contributed by atoms with Crippen LogP contribution in [0.15, 0.2) is 35.3 Å². The Morgan fingerprint density at radius 3 is 2.21 bits per heavy atom. The third-order valence-corrected chi connectivity index (χ3v) is 4.03. The summed E-state index contributed by atoms with van der Waals surface area (Å²) in [5.41, 5.74) is 1.67. The van der Waals surface area contributed by atoms with Crippen molar-refractivity contribution < 1.29 is 18.6 Å². The third-order valence-electron chi connectivity index (χ3n) is 4.03. The summed E-state index contributed by atoms with van der Waals surface area (Å²) in [6.07, 6.45) is 0. The Morgan fingerprint density at radius 2 is 1.68 bits per heavy atom. The lowest BCUT2D eigenvalue weighted by Crippen LogP contribution is -2.36. The van der Waals surface area contributed by atoms with E-state index in [2.05, 4.69) is 15.6 Å². The molecule has 148 valence electrons. The van der Waals surface area contributed by atoms with Gasteiger partial charge in [-0.15, -0.1) is 0 Å².